The molecule has 0 aliphatic carbocycles. The van der Waals surface area contributed by atoms with Crippen molar-refractivity contribution in [2.75, 3.05) is 33.7 Å². The Morgan fingerprint density at radius 2 is 2.14 bits per heavy atom. The predicted molar refractivity (Wildman–Crippen MR) is 85.3 cm³/mol. The van der Waals surface area contributed by atoms with E-state index in [-0.39, 0.29) is 0 Å². The summed E-state index contributed by atoms with van der Waals surface area (Å²) in [5.41, 5.74) is 1.26. The molecular weight excluding hydrogens is 278 g/mol. The number of amides is 1. The van der Waals surface area contributed by atoms with E-state index in [1.807, 2.05) is 17.9 Å². The second kappa shape index (κ2) is 6.38. The minimum Gasteiger partial charge on any atom is -0.337 e. The molecule has 1 aromatic heterocycles. The van der Waals surface area contributed by atoms with Crippen LogP contribution in [0.15, 0.2) is 12.4 Å². The Labute approximate surface area is 132 Å². The third-order valence-corrected chi connectivity index (χ3v) is 4.93. The molecule has 3 rings (SSSR count). The minimum atomic E-state index is 0.339. The molecule has 2 atom stereocenters. The van der Waals surface area contributed by atoms with Gasteiger partial charge in [0.15, 0.2) is 0 Å². The van der Waals surface area contributed by atoms with Crippen molar-refractivity contribution in [2.45, 2.75) is 37.9 Å². The average Bonchev–Trinajstić information content (AvgIpc) is 3.05. The molecule has 0 radical (unpaired) electrons. The van der Waals surface area contributed by atoms with Crippen LogP contribution in [0.1, 0.15) is 24.8 Å². The van der Waals surface area contributed by atoms with Crippen LogP contribution in [0, 0.1) is 0 Å². The van der Waals surface area contributed by atoms with E-state index in [1.165, 1.54) is 5.56 Å². The second-order valence-electron chi connectivity index (χ2n) is 6.85. The van der Waals surface area contributed by atoms with Gasteiger partial charge in [0.25, 0.3) is 0 Å². The first kappa shape index (κ1) is 15.5. The lowest BCUT2D eigenvalue weighted by Gasteiger charge is -2.40. The number of likely N-dealkylation sites (tertiary alicyclic amines) is 2. The number of aromatic nitrogens is 2. The number of piperidine rings is 1. The van der Waals surface area contributed by atoms with Crippen LogP contribution in [0.5, 0.6) is 0 Å². The maximum atomic E-state index is 12.3. The monoisotopic (exact) mass is 305 g/mol. The molecule has 22 heavy (non-hydrogen) atoms. The summed E-state index contributed by atoms with van der Waals surface area (Å²) in [7, 11) is 6.09. The Morgan fingerprint density at radius 3 is 2.82 bits per heavy atom. The molecule has 0 aromatic carbocycles. The molecule has 0 unspecified atom stereocenters. The first-order chi connectivity index (χ1) is 10.5. The van der Waals surface area contributed by atoms with Crippen LogP contribution in [0.25, 0.3) is 0 Å². The van der Waals surface area contributed by atoms with Gasteiger partial charge in [-0.2, -0.15) is 5.10 Å². The normalized spacial score (nSPS) is 26.0. The number of aryl methyl sites for hydroxylation is 1. The Hall–Kier alpha value is -1.40. The fraction of sp³-hybridized carbons (Fsp3) is 0.750. The van der Waals surface area contributed by atoms with E-state index in [9.17, 15) is 4.79 Å². The first-order valence-corrected chi connectivity index (χ1v) is 8.20. The van der Waals surface area contributed by atoms with E-state index in [0.29, 0.717) is 24.4 Å². The van der Waals surface area contributed by atoms with Crippen molar-refractivity contribution in [3.63, 3.8) is 0 Å². The number of hydrogen-bond donors (Lipinski definition) is 0. The van der Waals surface area contributed by atoms with Crippen molar-refractivity contribution >= 4 is 5.91 Å². The predicted octanol–water partition coefficient (Wildman–Crippen LogP) is 0.547. The summed E-state index contributed by atoms with van der Waals surface area (Å²) in [5, 5.41) is 4.26. The highest BCUT2D eigenvalue weighted by molar-refractivity contribution is 5.77. The van der Waals surface area contributed by atoms with Gasteiger partial charge in [0.1, 0.15) is 0 Å². The smallest absolute Gasteiger partial charge is 0.222 e. The molecule has 6 nitrogen and oxygen atoms in total. The van der Waals surface area contributed by atoms with E-state index in [0.717, 1.165) is 39.0 Å². The highest BCUT2D eigenvalue weighted by Crippen LogP contribution is 2.32. The fourth-order valence-corrected chi connectivity index (χ4v) is 3.82. The molecule has 2 fully saturated rings. The Morgan fingerprint density at radius 1 is 1.32 bits per heavy atom. The SMILES string of the molecule is CN(C)CCN1C(=O)CC[C@H]2[C@H]1CCN2Cc1cnn(C)c1. The lowest BCUT2D eigenvalue weighted by molar-refractivity contribution is -0.137. The number of fused-ring (bicyclic) bond motifs is 1. The van der Waals surface area contributed by atoms with Crippen LogP contribution in [0.4, 0.5) is 0 Å². The number of carbonyl (C=O) groups is 1. The average molecular weight is 305 g/mol. The van der Waals surface area contributed by atoms with Gasteiger partial charge in [0.05, 0.1) is 6.20 Å². The largest absolute Gasteiger partial charge is 0.337 e. The number of rotatable bonds is 5. The number of likely N-dealkylation sites (N-methyl/N-ethyl adjacent to an activating group) is 1. The number of carbonyl (C=O) groups excluding carboxylic acids is 1. The summed E-state index contributed by atoms with van der Waals surface area (Å²) in [6.45, 7) is 3.83. The van der Waals surface area contributed by atoms with Gasteiger partial charge in [-0.3, -0.25) is 14.4 Å². The van der Waals surface area contributed by atoms with Gasteiger partial charge in [0, 0.05) is 63.5 Å². The third-order valence-electron chi connectivity index (χ3n) is 4.93. The summed E-state index contributed by atoms with van der Waals surface area (Å²) in [6, 6.07) is 0.915. The van der Waals surface area contributed by atoms with E-state index in [4.69, 9.17) is 0 Å². The highest BCUT2D eigenvalue weighted by atomic mass is 16.2. The van der Waals surface area contributed by atoms with Crippen molar-refractivity contribution < 1.29 is 4.79 Å². The van der Waals surface area contributed by atoms with Gasteiger partial charge < -0.3 is 9.80 Å². The topological polar surface area (TPSA) is 44.6 Å². The summed E-state index contributed by atoms with van der Waals surface area (Å²) >= 11 is 0. The van der Waals surface area contributed by atoms with E-state index >= 15 is 0 Å². The molecule has 2 saturated heterocycles. The molecule has 0 bridgehead atoms. The lowest BCUT2D eigenvalue weighted by atomic mass is 9.96. The third kappa shape index (κ3) is 3.17. The summed E-state index contributed by atoms with van der Waals surface area (Å²) < 4.78 is 1.86. The zero-order valence-corrected chi connectivity index (χ0v) is 13.9. The van der Waals surface area contributed by atoms with Gasteiger partial charge in [-0.05, 0) is 26.9 Å². The van der Waals surface area contributed by atoms with Crippen LogP contribution in [0.2, 0.25) is 0 Å². The summed E-state index contributed by atoms with van der Waals surface area (Å²) in [6.07, 6.45) is 6.83. The van der Waals surface area contributed by atoms with Crippen molar-refractivity contribution in [1.29, 1.82) is 0 Å². The van der Waals surface area contributed by atoms with E-state index in [1.54, 1.807) is 0 Å². The molecular formula is C16H27N5O. The highest BCUT2D eigenvalue weighted by Gasteiger charge is 2.42. The number of hydrogen-bond acceptors (Lipinski definition) is 4. The maximum absolute atomic E-state index is 12.3. The van der Waals surface area contributed by atoms with Crippen LogP contribution in [-0.4, -0.2) is 76.2 Å². The van der Waals surface area contributed by atoms with Gasteiger partial charge in [-0.1, -0.05) is 0 Å². The molecule has 6 heteroatoms. The number of nitrogens with zero attached hydrogens (tertiary/aromatic N) is 5. The summed E-state index contributed by atoms with van der Waals surface area (Å²) in [5.74, 6) is 0.339. The zero-order chi connectivity index (χ0) is 15.7. The lowest BCUT2D eigenvalue weighted by Crippen LogP contribution is -2.53. The Balaban J connectivity index is 1.65. The second-order valence-corrected chi connectivity index (χ2v) is 6.85. The van der Waals surface area contributed by atoms with Crippen LogP contribution < -0.4 is 0 Å². The van der Waals surface area contributed by atoms with Gasteiger partial charge in [0.2, 0.25) is 5.91 Å². The van der Waals surface area contributed by atoms with Gasteiger partial charge in [-0.15, -0.1) is 0 Å². The standard InChI is InChI=1S/C16H27N5O/c1-18(2)8-9-21-15-6-7-20(14(15)4-5-16(21)22)12-13-10-17-19(3)11-13/h10-11,14-15H,4-9,12H2,1-3H3/t14-,15+/m0/s1. The molecule has 2 aliphatic heterocycles. The van der Waals surface area contributed by atoms with Gasteiger partial charge in [-0.25, -0.2) is 0 Å². The molecule has 1 aromatic rings. The molecule has 2 aliphatic rings. The van der Waals surface area contributed by atoms with Crippen molar-refractivity contribution in [2.24, 2.45) is 7.05 Å². The van der Waals surface area contributed by atoms with E-state index in [2.05, 4.69) is 40.1 Å². The van der Waals surface area contributed by atoms with E-state index < -0.39 is 0 Å². The molecule has 122 valence electrons. The van der Waals surface area contributed by atoms with Crippen molar-refractivity contribution in [3.05, 3.63) is 18.0 Å². The Kier molecular flexibility index (Phi) is 4.49. The zero-order valence-electron chi connectivity index (χ0n) is 13.9. The van der Waals surface area contributed by atoms with Crippen LogP contribution in [-0.2, 0) is 18.4 Å². The van der Waals surface area contributed by atoms with Crippen LogP contribution in [0.3, 0.4) is 0 Å². The molecule has 3 heterocycles. The Bertz CT molecular complexity index is 526. The first-order valence-electron chi connectivity index (χ1n) is 8.20. The van der Waals surface area contributed by atoms with Crippen molar-refractivity contribution in [1.82, 2.24) is 24.5 Å². The quantitative estimate of drug-likeness (QED) is 0.797. The van der Waals surface area contributed by atoms with Gasteiger partial charge >= 0.3 is 0 Å². The molecule has 0 N–H and O–H groups in total. The summed E-state index contributed by atoms with van der Waals surface area (Å²) in [4.78, 5) is 19.1. The molecule has 0 saturated carbocycles. The fourth-order valence-electron chi connectivity index (χ4n) is 3.82. The maximum Gasteiger partial charge on any atom is 0.222 e. The molecule has 1 amide bonds. The molecule has 0 spiro atoms. The van der Waals surface area contributed by atoms with Crippen molar-refractivity contribution in [3.8, 4) is 0 Å². The van der Waals surface area contributed by atoms with Crippen LogP contribution >= 0.6 is 0 Å². The minimum absolute atomic E-state index is 0.339.